The predicted octanol–water partition coefficient (Wildman–Crippen LogP) is 7.09. The van der Waals surface area contributed by atoms with Crippen LogP contribution in [0, 0.1) is 5.92 Å². The molecule has 0 heterocycles. The Morgan fingerprint density at radius 1 is 0.727 bits per heavy atom. The second kappa shape index (κ2) is 16.1. The highest BCUT2D eigenvalue weighted by Gasteiger charge is 2.09. The molecule has 0 radical (unpaired) electrons. The predicted molar refractivity (Wildman–Crippen MR) is 132 cm³/mol. The molecule has 0 aliphatic rings. The topological polar surface area (TPSA) is 54.0 Å². The molecule has 0 aliphatic heterocycles. The van der Waals surface area contributed by atoms with Crippen molar-refractivity contribution >= 4 is 5.97 Å². The summed E-state index contributed by atoms with van der Waals surface area (Å²) < 4.78 is 22.5. The van der Waals surface area contributed by atoms with Crippen LogP contribution in [0.3, 0.4) is 0 Å². The van der Waals surface area contributed by atoms with Crippen molar-refractivity contribution in [3.05, 3.63) is 54.1 Å². The molecular formula is C28H40O5. The Morgan fingerprint density at radius 3 is 2.03 bits per heavy atom. The molecule has 5 heteroatoms. The number of hydrogen-bond donors (Lipinski definition) is 0. The molecular weight excluding hydrogens is 416 g/mol. The maximum Gasteiger partial charge on any atom is 0.343 e. The van der Waals surface area contributed by atoms with Gasteiger partial charge in [-0.25, -0.2) is 4.79 Å². The first-order valence-corrected chi connectivity index (χ1v) is 12.4. The van der Waals surface area contributed by atoms with E-state index in [-0.39, 0.29) is 0 Å². The SMILES string of the molecule is CCCCCCOCCOc1ccc(OC(=O)c2ccc(OCCCC(C)CC)cc2)cc1. The molecule has 2 rings (SSSR count). The average Bonchev–Trinajstić information content (AvgIpc) is 2.84. The van der Waals surface area contributed by atoms with Crippen molar-refractivity contribution in [2.75, 3.05) is 26.4 Å². The smallest absolute Gasteiger partial charge is 0.343 e. The molecule has 0 saturated heterocycles. The molecule has 2 aromatic rings. The summed E-state index contributed by atoms with van der Waals surface area (Å²) in [4.78, 5) is 12.4. The lowest BCUT2D eigenvalue weighted by atomic mass is 10.0. The molecule has 5 nitrogen and oxygen atoms in total. The molecule has 1 atom stereocenters. The highest BCUT2D eigenvalue weighted by molar-refractivity contribution is 5.91. The van der Waals surface area contributed by atoms with Crippen LogP contribution >= 0.6 is 0 Å². The zero-order valence-corrected chi connectivity index (χ0v) is 20.5. The minimum absolute atomic E-state index is 0.400. The summed E-state index contributed by atoms with van der Waals surface area (Å²) >= 11 is 0. The number of carbonyl (C=O) groups is 1. The molecule has 1 unspecified atom stereocenters. The van der Waals surface area contributed by atoms with E-state index in [0.717, 1.165) is 43.3 Å². The third kappa shape index (κ3) is 11.2. The number of hydrogen-bond acceptors (Lipinski definition) is 5. The van der Waals surface area contributed by atoms with Gasteiger partial charge in [-0.1, -0.05) is 46.5 Å². The van der Waals surface area contributed by atoms with E-state index in [4.69, 9.17) is 18.9 Å². The summed E-state index contributed by atoms with van der Waals surface area (Å²) in [6, 6.07) is 14.1. The van der Waals surface area contributed by atoms with Gasteiger partial charge in [0.1, 0.15) is 23.9 Å². The minimum Gasteiger partial charge on any atom is -0.494 e. The van der Waals surface area contributed by atoms with E-state index in [9.17, 15) is 4.79 Å². The Kier molecular flexibility index (Phi) is 13.1. The number of rotatable bonds is 17. The van der Waals surface area contributed by atoms with Crippen molar-refractivity contribution in [3.63, 3.8) is 0 Å². The number of esters is 1. The van der Waals surface area contributed by atoms with Gasteiger partial charge in [-0.3, -0.25) is 0 Å². The van der Waals surface area contributed by atoms with E-state index in [1.165, 1.54) is 25.7 Å². The number of carbonyl (C=O) groups excluding carboxylic acids is 1. The van der Waals surface area contributed by atoms with Gasteiger partial charge in [0.15, 0.2) is 0 Å². The molecule has 0 aromatic heterocycles. The summed E-state index contributed by atoms with van der Waals surface area (Å²) in [6.45, 7) is 9.20. The molecule has 0 saturated carbocycles. The van der Waals surface area contributed by atoms with Gasteiger partial charge < -0.3 is 18.9 Å². The third-order valence-electron chi connectivity index (χ3n) is 5.57. The first-order chi connectivity index (χ1) is 16.1. The van der Waals surface area contributed by atoms with Crippen molar-refractivity contribution in [2.45, 2.75) is 65.7 Å². The summed E-state index contributed by atoms with van der Waals surface area (Å²) in [6.07, 6.45) is 8.20. The fourth-order valence-corrected chi connectivity index (χ4v) is 3.23. The zero-order chi connectivity index (χ0) is 23.7. The van der Waals surface area contributed by atoms with Crippen LogP contribution in [-0.2, 0) is 4.74 Å². The van der Waals surface area contributed by atoms with Crippen molar-refractivity contribution in [3.8, 4) is 17.2 Å². The van der Waals surface area contributed by atoms with Crippen molar-refractivity contribution in [2.24, 2.45) is 5.92 Å². The van der Waals surface area contributed by atoms with Gasteiger partial charge in [-0.2, -0.15) is 0 Å². The molecule has 182 valence electrons. The molecule has 0 fully saturated rings. The lowest BCUT2D eigenvalue weighted by molar-refractivity contribution is 0.0734. The van der Waals surface area contributed by atoms with Gasteiger partial charge in [-0.05, 0) is 73.7 Å². The first kappa shape index (κ1) is 26.7. The van der Waals surface area contributed by atoms with E-state index in [2.05, 4.69) is 20.8 Å². The van der Waals surface area contributed by atoms with Crippen molar-refractivity contribution in [1.29, 1.82) is 0 Å². The highest BCUT2D eigenvalue weighted by Crippen LogP contribution is 2.20. The number of benzene rings is 2. The third-order valence-corrected chi connectivity index (χ3v) is 5.57. The van der Waals surface area contributed by atoms with Gasteiger partial charge in [-0.15, -0.1) is 0 Å². The molecule has 0 bridgehead atoms. The van der Waals surface area contributed by atoms with Crippen LogP contribution in [0.25, 0.3) is 0 Å². The van der Waals surface area contributed by atoms with Crippen LogP contribution in [0.4, 0.5) is 0 Å². The van der Waals surface area contributed by atoms with Crippen molar-refractivity contribution in [1.82, 2.24) is 0 Å². The molecule has 0 aliphatic carbocycles. The van der Waals surface area contributed by atoms with Gasteiger partial charge in [0.25, 0.3) is 0 Å². The monoisotopic (exact) mass is 456 g/mol. The summed E-state index contributed by atoms with van der Waals surface area (Å²) in [5.41, 5.74) is 0.485. The van der Waals surface area contributed by atoms with E-state index in [1.807, 2.05) is 12.1 Å². The Labute approximate surface area is 199 Å². The number of ether oxygens (including phenoxy) is 4. The van der Waals surface area contributed by atoms with E-state index < -0.39 is 5.97 Å². The fraction of sp³-hybridized carbons (Fsp3) is 0.536. The van der Waals surface area contributed by atoms with Gasteiger partial charge in [0.05, 0.1) is 18.8 Å². The number of unbranched alkanes of at least 4 members (excludes halogenated alkanes) is 3. The van der Waals surface area contributed by atoms with Crippen molar-refractivity contribution < 1.29 is 23.7 Å². The van der Waals surface area contributed by atoms with E-state index in [0.29, 0.717) is 31.1 Å². The van der Waals surface area contributed by atoms with Gasteiger partial charge >= 0.3 is 5.97 Å². The Balaban J connectivity index is 1.67. The first-order valence-electron chi connectivity index (χ1n) is 12.4. The van der Waals surface area contributed by atoms with Crippen LogP contribution in [-0.4, -0.2) is 32.4 Å². The lowest BCUT2D eigenvalue weighted by Gasteiger charge is -2.10. The molecule has 2 aromatic carbocycles. The quantitative estimate of drug-likeness (QED) is 0.144. The second-order valence-electron chi connectivity index (χ2n) is 8.41. The average molecular weight is 457 g/mol. The summed E-state index contributed by atoms with van der Waals surface area (Å²) in [7, 11) is 0. The summed E-state index contributed by atoms with van der Waals surface area (Å²) in [5, 5.41) is 0. The second-order valence-corrected chi connectivity index (χ2v) is 8.41. The highest BCUT2D eigenvalue weighted by atomic mass is 16.5. The molecule has 0 amide bonds. The molecule has 0 N–H and O–H groups in total. The van der Waals surface area contributed by atoms with Crippen LogP contribution < -0.4 is 14.2 Å². The lowest BCUT2D eigenvalue weighted by Crippen LogP contribution is -2.09. The van der Waals surface area contributed by atoms with Crippen LogP contribution in [0.1, 0.15) is 76.1 Å². The molecule has 0 spiro atoms. The van der Waals surface area contributed by atoms with E-state index >= 15 is 0 Å². The fourth-order valence-electron chi connectivity index (χ4n) is 3.23. The van der Waals surface area contributed by atoms with Gasteiger partial charge in [0.2, 0.25) is 0 Å². The standard InChI is InChI=1S/C28H40O5/c1-4-6-7-8-19-30-21-22-32-26-15-17-27(18-16-26)33-28(29)24-11-13-25(14-12-24)31-20-9-10-23(3)5-2/h11-18,23H,4-10,19-22H2,1-3H3. The van der Waals surface area contributed by atoms with E-state index in [1.54, 1.807) is 36.4 Å². The zero-order valence-electron chi connectivity index (χ0n) is 20.5. The summed E-state index contributed by atoms with van der Waals surface area (Å²) in [5.74, 6) is 2.29. The largest absolute Gasteiger partial charge is 0.494 e. The Bertz CT molecular complexity index is 770. The van der Waals surface area contributed by atoms with Crippen LogP contribution in [0.2, 0.25) is 0 Å². The maximum atomic E-state index is 12.4. The normalized spacial score (nSPS) is 11.7. The Morgan fingerprint density at radius 2 is 1.36 bits per heavy atom. The molecule has 33 heavy (non-hydrogen) atoms. The van der Waals surface area contributed by atoms with Crippen LogP contribution in [0.5, 0.6) is 17.2 Å². The minimum atomic E-state index is -0.400. The van der Waals surface area contributed by atoms with Crippen LogP contribution in [0.15, 0.2) is 48.5 Å². The Hall–Kier alpha value is -2.53. The maximum absolute atomic E-state index is 12.4. The van der Waals surface area contributed by atoms with Gasteiger partial charge in [0, 0.05) is 6.61 Å².